The molecule has 1 heterocycles. The van der Waals surface area contributed by atoms with E-state index in [-0.39, 0.29) is 24.2 Å². The maximum atomic E-state index is 12.2. The number of hydrogen-bond donors (Lipinski definition) is 0. The van der Waals surface area contributed by atoms with Crippen LogP contribution in [0.3, 0.4) is 0 Å². The monoisotopic (exact) mass is 268 g/mol. The minimum atomic E-state index is -1.68. The van der Waals surface area contributed by atoms with E-state index in [4.69, 9.17) is 14.2 Å². The molecular weight excluding hydrogens is 252 g/mol. The number of methoxy groups -OCH3 is 1. The van der Waals surface area contributed by atoms with Crippen LogP contribution in [0.5, 0.6) is 0 Å². The van der Waals surface area contributed by atoms with Crippen molar-refractivity contribution in [2.24, 2.45) is 5.41 Å². The van der Waals surface area contributed by atoms with Gasteiger partial charge in [-0.05, 0) is 0 Å². The summed E-state index contributed by atoms with van der Waals surface area (Å²) in [5, 5.41) is 0. The van der Waals surface area contributed by atoms with Crippen LogP contribution in [0, 0.1) is 5.41 Å². The number of ether oxygens (including phenoxy) is 3. The van der Waals surface area contributed by atoms with Crippen LogP contribution in [0.1, 0.15) is 19.3 Å². The van der Waals surface area contributed by atoms with Crippen LogP contribution in [-0.2, 0) is 28.6 Å². The molecule has 6 heteroatoms. The molecule has 0 bridgehead atoms. The Labute approximate surface area is 110 Å². The quantitative estimate of drug-likeness (QED) is 0.319. The summed E-state index contributed by atoms with van der Waals surface area (Å²) in [6.07, 6.45) is 0.824. The summed E-state index contributed by atoms with van der Waals surface area (Å²) in [5.74, 6) is -2.15. The summed E-state index contributed by atoms with van der Waals surface area (Å²) >= 11 is 0. The first-order chi connectivity index (χ1) is 9.00. The summed E-state index contributed by atoms with van der Waals surface area (Å²) in [4.78, 5) is 35.3. The van der Waals surface area contributed by atoms with Crippen LogP contribution < -0.4 is 0 Å². The van der Waals surface area contributed by atoms with Gasteiger partial charge in [-0.25, -0.2) is 0 Å². The standard InChI is InChI=1S/C13H16O6/c1-9(7-14)13(11(16)17-2)8-12(4-3-10(13)15)18-5-6-19-12/h7H,1,3-6,8H2,2H3. The molecule has 1 aliphatic heterocycles. The summed E-state index contributed by atoms with van der Waals surface area (Å²) < 4.78 is 15.8. The molecule has 1 saturated carbocycles. The summed E-state index contributed by atoms with van der Waals surface area (Å²) in [7, 11) is 1.17. The van der Waals surface area contributed by atoms with E-state index in [9.17, 15) is 14.4 Å². The van der Waals surface area contributed by atoms with E-state index in [1.54, 1.807) is 0 Å². The molecule has 1 unspecified atom stereocenters. The molecule has 0 radical (unpaired) electrons. The molecule has 1 atom stereocenters. The third-order valence-electron chi connectivity index (χ3n) is 3.78. The van der Waals surface area contributed by atoms with Gasteiger partial charge in [0.2, 0.25) is 0 Å². The third kappa shape index (κ3) is 2.01. The predicted octanol–water partition coefficient (Wildman–Crippen LogP) is 0.397. The van der Waals surface area contributed by atoms with Crippen LogP contribution >= 0.6 is 0 Å². The fourth-order valence-corrected chi connectivity index (χ4v) is 2.74. The van der Waals surface area contributed by atoms with E-state index in [0.29, 0.717) is 25.9 Å². The zero-order valence-electron chi connectivity index (χ0n) is 10.8. The Bertz CT molecular complexity index is 424. The Balaban J connectivity index is 2.43. The highest BCUT2D eigenvalue weighted by molar-refractivity contribution is 6.11. The van der Waals surface area contributed by atoms with Gasteiger partial charge in [0.1, 0.15) is 6.29 Å². The first kappa shape index (κ1) is 13.9. The zero-order chi connectivity index (χ0) is 14.1. The molecule has 0 amide bonds. The summed E-state index contributed by atoms with van der Waals surface area (Å²) in [6.45, 7) is 4.35. The average molecular weight is 268 g/mol. The van der Waals surface area contributed by atoms with Crippen LogP contribution in [0.4, 0.5) is 0 Å². The van der Waals surface area contributed by atoms with Crippen LogP contribution in [-0.4, -0.2) is 44.1 Å². The van der Waals surface area contributed by atoms with E-state index >= 15 is 0 Å². The second kappa shape index (κ2) is 4.86. The van der Waals surface area contributed by atoms with Crippen molar-refractivity contribution < 1.29 is 28.6 Å². The lowest BCUT2D eigenvalue weighted by atomic mass is 9.66. The van der Waals surface area contributed by atoms with Gasteiger partial charge >= 0.3 is 5.97 Å². The summed E-state index contributed by atoms with van der Waals surface area (Å²) in [5.41, 5.74) is -1.79. The van der Waals surface area contributed by atoms with Crippen LogP contribution in [0.25, 0.3) is 0 Å². The van der Waals surface area contributed by atoms with Gasteiger partial charge in [0, 0.05) is 24.8 Å². The topological polar surface area (TPSA) is 78.9 Å². The Hall–Kier alpha value is -1.53. The van der Waals surface area contributed by atoms with Gasteiger partial charge in [-0.1, -0.05) is 6.58 Å². The average Bonchev–Trinajstić information content (AvgIpc) is 2.88. The van der Waals surface area contributed by atoms with Crippen molar-refractivity contribution in [3.8, 4) is 0 Å². The Morgan fingerprint density at radius 2 is 2.05 bits per heavy atom. The van der Waals surface area contributed by atoms with Crippen molar-refractivity contribution in [2.75, 3.05) is 20.3 Å². The molecular formula is C13H16O6. The number of hydrogen-bond acceptors (Lipinski definition) is 6. The Morgan fingerprint density at radius 1 is 1.42 bits per heavy atom. The lowest BCUT2D eigenvalue weighted by Gasteiger charge is -2.41. The van der Waals surface area contributed by atoms with Gasteiger partial charge in [-0.2, -0.15) is 0 Å². The molecule has 2 aliphatic rings. The smallest absolute Gasteiger partial charge is 0.324 e. The number of carbonyl (C=O) groups excluding carboxylic acids is 3. The van der Waals surface area contributed by atoms with Gasteiger partial charge in [0.25, 0.3) is 0 Å². The van der Waals surface area contributed by atoms with E-state index < -0.39 is 17.2 Å². The zero-order valence-corrected chi connectivity index (χ0v) is 10.8. The molecule has 1 saturated heterocycles. The van der Waals surface area contributed by atoms with Crippen molar-refractivity contribution in [2.45, 2.75) is 25.0 Å². The Morgan fingerprint density at radius 3 is 2.58 bits per heavy atom. The van der Waals surface area contributed by atoms with Crippen molar-refractivity contribution >= 4 is 18.0 Å². The van der Waals surface area contributed by atoms with E-state index in [1.165, 1.54) is 7.11 Å². The molecule has 0 aromatic heterocycles. The van der Waals surface area contributed by atoms with Crippen molar-refractivity contribution in [3.63, 3.8) is 0 Å². The van der Waals surface area contributed by atoms with Crippen molar-refractivity contribution in [1.82, 2.24) is 0 Å². The second-order valence-corrected chi connectivity index (χ2v) is 4.75. The predicted molar refractivity (Wildman–Crippen MR) is 63.1 cm³/mol. The molecule has 0 N–H and O–H groups in total. The number of ketones is 1. The maximum absolute atomic E-state index is 12.2. The molecule has 19 heavy (non-hydrogen) atoms. The van der Waals surface area contributed by atoms with E-state index in [0.717, 1.165) is 0 Å². The number of esters is 1. The molecule has 2 rings (SSSR count). The molecule has 0 aromatic carbocycles. The highest BCUT2D eigenvalue weighted by Gasteiger charge is 2.59. The first-order valence-electron chi connectivity index (χ1n) is 6.05. The molecule has 1 spiro atoms. The molecule has 0 aromatic rings. The minimum absolute atomic E-state index is 0.0525. The largest absolute Gasteiger partial charge is 0.468 e. The minimum Gasteiger partial charge on any atom is -0.468 e. The van der Waals surface area contributed by atoms with Crippen molar-refractivity contribution in [3.05, 3.63) is 12.2 Å². The third-order valence-corrected chi connectivity index (χ3v) is 3.78. The highest BCUT2D eigenvalue weighted by Crippen LogP contribution is 2.47. The van der Waals surface area contributed by atoms with Crippen LogP contribution in [0.2, 0.25) is 0 Å². The van der Waals surface area contributed by atoms with Gasteiger partial charge in [-0.3, -0.25) is 14.4 Å². The highest BCUT2D eigenvalue weighted by atomic mass is 16.7. The maximum Gasteiger partial charge on any atom is 0.324 e. The van der Waals surface area contributed by atoms with Gasteiger partial charge in [0.05, 0.1) is 20.3 Å². The molecule has 6 nitrogen and oxygen atoms in total. The fourth-order valence-electron chi connectivity index (χ4n) is 2.74. The van der Waals surface area contributed by atoms with E-state index in [1.807, 2.05) is 0 Å². The summed E-state index contributed by atoms with van der Waals surface area (Å²) in [6, 6.07) is 0. The first-order valence-corrected chi connectivity index (χ1v) is 6.05. The van der Waals surface area contributed by atoms with Gasteiger partial charge in [0.15, 0.2) is 17.0 Å². The van der Waals surface area contributed by atoms with E-state index in [2.05, 4.69) is 6.58 Å². The normalized spacial score (nSPS) is 29.2. The molecule has 2 fully saturated rings. The number of rotatable bonds is 3. The molecule has 1 aliphatic carbocycles. The SMILES string of the molecule is C=C(C=O)C1(C(=O)OC)CC2(CCC1=O)OCCO2. The number of aldehydes is 1. The van der Waals surface area contributed by atoms with Crippen molar-refractivity contribution in [1.29, 1.82) is 0 Å². The van der Waals surface area contributed by atoms with Gasteiger partial charge in [-0.15, -0.1) is 0 Å². The van der Waals surface area contributed by atoms with Gasteiger partial charge < -0.3 is 14.2 Å². The number of Topliss-reactive ketones (excluding diaryl/α,β-unsaturated/α-hetero) is 1. The lowest BCUT2D eigenvalue weighted by molar-refractivity contribution is -0.204. The van der Waals surface area contributed by atoms with Crippen LogP contribution in [0.15, 0.2) is 12.2 Å². The molecule has 104 valence electrons. The fraction of sp³-hybridized carbons (Fsp3) is 0.615. The lowest BCUT2D eigenvalue weighted by Crippen LogP contribution is -2.53. The Kier molecular flexibility index (Phi) is 3.56. The second-order valence-electron chi connectivity index (χ2n) is 4.75. The number of carbonyl (C=O) groups is 3.